The van der Waals surface area contributed by atoms with E-state index in [0.29, 0.717) is 25.4 Å². The first-order valence-electron chi connectivity index (χ1n) is 6.54. The lowest BCUT2D eigenvalue weighted by Gasteiger charge is -2.36. The van der Waals surface area contributed by atoms with E-state index in [1.54, 1.807) is 0 Å². The van der Waals surface area contributed by atoms with Crippen LogP contribution in [-0.2, 0) is 9.59 Å². The van der Waals surface area contributed by atoms with E-state index in [-0.39, 0.29) is 17.2 Å². The summed E-state index contributed by atoms with van der Waals surface area (Å²) in [7, 11) is 0. The maximum Gasteiger partial charge on any atom is 0.240 e. The summed E-state index contributed by atoms with van der Waals surface area (Å²) in [5.41, 5.74) is 10.9. The summed E-state index contributed by atoms with van der Waals surface area (Å²) < 4.78 is 0. The Kier molecular flexibility index (Phi) is 4.73. The molecule has 5 heteroatoms. The molecule has 104 valence electrons. The predicted molar refractivity (Wildman–Crippen MR) is 70.5 cm³/mol. The minimum Gasteiger partial charge on any atom is -0.370 e. The minimum atomic E-state index is -0.467. The van der Waals surface area contributed by atoms with E-state index in [4.69, 9.17) is 11.5 Å². The second kappa shape index (κ2) is 5.69. The summed E-state index contributed by atoms with van der Waals surface area (Å²) >= 11 is 0. The van der Waals surface area contributed by atoms with Crippen molar-refractivity contribution in [1.82, 2.24) is 4.90 Å². The second-order valence-electron chi connectivity index (χ2n) is 6.28. The molecular formula is C13H25N3O2. The number of carbonyl (C=O) groups excluding carboxylic acids is 2. The molecule has 1 heterocycles. The molecule has 0 spiro atoms. The summed E-state index contributed by atoms with van der Waals surface area (Å²) in [4.78, 5) is 24.8. The molecule has 1 saturated heterocycles. The zero-order valence-electron chi connectivity index (χ0n) is 11.6. The van der Waals surface area contributed by atoms with Crippen molar-refractivity contribution >= 4 is 11.8 Å². The molecular weight excluding hydrogens is 230 g/mol. The molecule has 1 aliphatic heterocycles. The molecule has 0 unspecified atom stereocenters. The second-order valence-corrected chi connectivity index (χ2v) is 6.28. The third-order valence-corrected chi connectivity index (χ3v) is 3.62. The third kappa shape index (κ3) is 3.98. The maximum atomic E-state index is 12.2. The number of hydrogen-bond donors (Lipinski definition) is 2. The van der Waals surface area contributed by atoms with Gasteiger partial charge in [0, 0.05) is 19.5 Å². The highest BCUT2D eigenvalue weighted by atomic mass is 16.2. The van der Waals surface area contributed by atoms with Gasteiger partial charge in [0.25, 0.3) is 0 Å². The average Bonchev–Trinajstić information content (AvgIpc) is 2.26. The van der Waals surface area contributed by atoms with Crippen molar-refractivity contribution in [2.75, 3.05) is 13.1 Å². The van der Waals surface area contributed by atoms with Crippen LogP contribution in [0.4, 0.5) is 0 Å². The Balaban J connectivity index is 2.48. The van der Waals surface area contributed by atoms with E-state index < -0.39 is 6.04 Å². The smallest absolute Gasteiger partial charge is 0.240 e. The van der Waals surface area contributed by atoms with Gasteiger partial charge in [0.1, 0.15) is 0 Å². The van der Waals surface area contributed by atoms with E-state index in [1.807, 2.05) is 25.7 Å². The summed E-state index contributed by atoms with van der Waals surface area (Å²) in [6.45, 7) is 7.27. The van der Waals surface area contributed by atoms with Crippen LogP contribution in [0.3, 0.4) is 0 Å². The van der Waals surface area contributed by atoms with E-state index in [9.17, 15) is 9.59 Å². The molecule has 0 aliphatic carbocycles. The first-order valence-corrected chi connectivity index (χ1v) is 6.54. The quantitative estimate of drug-likeness (QED) is 0.768. The van der Waals surface area contributed by atoms with Crippen molar-refractivity contribution in [3.8, 4) is 0 Å². The van der Waals surface area contributed by atoms with Crippen molar-refractivity contribution < 1.29 is 9.59 Å². The van der Waals surface area contributed by atoms with Crippen molar-refractivity contribution in [3.05, 3.63) is 0 Å². The summed E-state index contributed by atoms with van der Waals surface area (Å²) in [6.07, 6.45) is 2.10. The van der Waals surface area contributed by atoms with Gasteiger partial charge in [-0.2, -0.15) is 0 Å². The van der Waals surface area contributed by atoms with Crippen LogP contribution in [0.25, 0.3) is 0 Å². The molecule has 1 atom stereocenters. The predicted octanol–water partition coefficient (Wildman–Crippen LogP) is 0.474. The van der Waals surface area contributed by atoms with E-state index in [0.717, 1.165) is 12.8 Å². The highest BCUT2D eigenvalue weighted by Crippen LogP contribution is 2.24. The SMILES string of the molecule is CC(C)(C)[C@H](N)C(=O)N1CCC(CC(N)=O)CC1. The lowest BCUT2D eigenvalue weighted by molar-refractivity contribution is -0.136. The summed E-state index contributed by atoms with van der Waals surface area (Å²) in [6, 6.07) is -0.467. The Labute approximate surface area is 109 Å². The Morgan fingerprint density at radius 1 is 1.28 bits per heavy atom. The van der Waals surface area contributed by atoms with Crippen LogP contribution in [-0.4, -0.2) is 35.8 Å². The first-order chi connectivity index (χ1) is 8.21. The van der Waals surface area contributed by atoms with Gasteiger partial charge in [-0.15, -0.1) is 0 Å². The summed E-state index contributed by atoms with van der Waals surface area (Å²) in [5.74, 6) is 0.0728. The van der Waals surface area contributed by atoms with Gasteiger partial charge in [-0.05, 0) is 24.2 Å². The lowest BCUT2D eigenvalue weighted by Crippen LogP contribution is -2.52. The van der Waals surface area contributed by atoms with Gasteiger partial charge in [-0.25, -0.2) is 0 Å². The van der Waals surface area contributed by atoms with E-state index in [2.05, 4.69) is 0 Å². The molecule has 0 bridgehead atoms. The third-order valence-electron chi connectivity index (χ3n) is 3.62. The van der Waals surface area contributed by atoms with Crippen LogP contribution >= 0.6 is 0 Å². The number of rotatable bonds is 3. The van der Waals surface area contributed by atoms with E-state index in [1.165, 1.54) is 0 Å². The van der Waals surface area contributed by atoms with Gasteiger partial charge in [0.2, 0.25) is 11.8 Å². The standard InChI is InChI=1S/C13H25N3O2/c1-13(2,3)11(15)12(18)16-6-4-9(5-7-16)8-10(14)17/h9,11H,4-8,15H2,1-3H3,(H2,14,17)/t11-/m1/s1. The Morgan fingerprint density at radius 2 is 1.78 bits per heavy atom. The minimum absolute atomic E-state index is 0.0139. The van der Waals surface area contributed by atoms with Gasteiger partial charge >= 0.3 is 0 Å². The molecule has 18 heavy (non-hydrogen) atoms. The number of nitrogens with zero attached hydrogens (tertiary/aromatic N) is 1. The van der Waals surface area contributed by atoms with Crippen LogP contribution in [0.2, 0.25) is 0 Å². The monoisotopic (exact) mass is 255 g/mol. The molecule has 1 fully saturated rings. The number of hydrogen-bond acceptors (Lipinski definition) is 3. The van der Waals surface area contributed by atoms with E-state index >= 15 is 0 Å². The number of likely N-dealkylation sites (tertiary alicyclic amines) is 1. The van der Waals surface area contributed by atoms with Crippen molar-refractivity contribution in [2.45, 2.75) is 46.1 Å². The number of primary amides is 1. The molecule has 4 N–H and O–H groups in total. The molecule has 2 amide bonds. The van der Waals surface area contributed by atoms with Crippen molar-refractivity contribution in [2.24, 2.45) is 22.8 Å². The number of carbonyl (C=O) groups is 2. The van der Waals surface area contributed by atoms with Gasteiger partial charge < -0.3 is 16.4 Å². The highest BCUT2D eigenvalue weighted by Gasteiger charge is 2.33. The lowest BCUT2D eigenvalue weighted by atomic mass is 9.85. The normalized spacial score (nSPS) is 19.7. The fraction of sp³-hybridized carbons (Fsp3) is 0.846. The molecule has 0 aromatic rings. The van der Waals surface area contributed by atoms with Crippen LogP contribution in [0.1, 0.15) is 40.0 Å². The fourth-order valence-electron chi connectivity index (χ4n) is 2.21. The number of piperidine rings is 1. The van der Waals surface area contributed by atoms with Crippen LogP contribution < -0.4 is 11.5 Å². The molecule has 0 saturated carbocycles. The Morgan fingerprint density at radius 3 is 2.17 bits per heavy atom. The number of amides is 2. The zero-order chi connectivity index (χ0) is 13.9. The van der Waals surface area contributed by atoms with Crippen LogP contribution in [0.5, 0.6) is 0 Å². The van der Waals surface area contributed by atoms with Crippen molar-refractivity contribution in [1.29, 1.82) is 0 Å². The summed E-state index contributed by atoms with van der Waals surface area (Å²) in [5, 5.41) is 0. The molecule has 0 radical (unpaired) electrons. The molecule has 5 nitrogen and oxygen atoms in total. The first kappa shape index (κ1) is 15.0. The maximum absolute atomic E-state index is 12.2. The number of nitrogens with two attached hydrogens (primary N) is 2. The molecule has 1 rings (SSSR count). The molecule has 0 aromatic heterocycles. The van der Waals surface area contributed by atoms with Gasteiger partial charge in [-0.1, -0.05) is 20.8 Å². The fourth-order valence-corrected chi connectivity index (χ4v) is 2.21. The molecule has 1 aliphatic rings. The topological polar surface area (TPSA) is 89.4 Å². The van der Waals surface area contributed by atoms with Crippen LogP contribution in [0, 0.1) is 11.3 Å². The van der Waals surface area contributed by atoms with Gasteiger partial charge in [0.05, 0.1) is 6.04 Å². The van der Waals surface area contributed by atoms with Gasteiger partial charge in [-0.3, -0.25) is 9.59 Å². The average molecular weight is 255 g/mol. The largest absolute Gasteiger partial charge is 0.370 e. The van der Waals surface area contributed by atoms with Gasteiger partial charge in [0.15, 0.2) is 0 Å². The Hall–Kier alpha value is -1.10. The van der Waals surface area contributed by atoms with Crippen LogP contribution in [0.15, 0.2) is 0 Å². The Bertz CT molecular complexity index is 315. The highest BCUT2D eigenvalue weighted by molar-refractivity contribution is 5.82. The molecule has 0 aromatic carbocycles. The van der Waals surface area contributed by atoms with Crippen molar-refractivity contribution in [3.63, 3.8) is 0 Å². The zero-order valence-corrected chi connectivity index (χ0v) is 11.6.